The van der Waals surface area contributed by atoms with Crippen LogP contribution in [0.5, 0.6) is 0 Å². The number of rotatable bonds is 8. The molecule has 8 aliphatic carbocycles. The minimum Gasteiger partial charge on any atom is -0.393 e. The maximum atomic E-state index is 13.9. The van der Waals surface area contributed by atoms with Gasteiger partial charge in [0.1, 0.15) is 11.6 Å². The molecule has 8 aliphatic rings. The molecular weight excluding hydrogens is 693 g/mol. The summed E-state index contributed by atoms with van der Waals surface area (Å²) in [7, 11) is 0. The third kappa shape index (κ3) is 6.68. The molecule has 0 aliphatic heterocycles. The topological polar surface area (TPSA) is 127 Å². The van der Waals surface area contributed by atoms with Crippen molar-refractivity contribution in [3.63, 3.8) is 0 Å². The van der Waals surface area contributed by atoms with Gasteiger partial charge in [0.05, 0.1) is 12.2 Å². The monoisotopic (exact) mass is 779 g/mol. The Morgan fingerprint density at radius 3 is 1.21 bits per heavy atom. The van der Waals surface area contributed by atoms with Gasteiger partial charge in [0.15, 0.2) is 0 Å². The predicted octanol–water partition coefficient (Wildman–Crippen LogP) is 9.61. The van der Waals surface area contributed by atoms with Crippen LogP contribution in [0.1, 0.15) is 171 Å². The highest BCUT2D eigenvalue weighted by atomic mass is 16.3. The van der Waals surface area contributed by atoms with Crippen molar-refractivity contribution in [2.75, 3.05) is 13.1 Å². The standard InChI is InChI=1S/2C25H43NO2/c2*1-5-17-21-14-16(27)8-11-25(21,4)20-9-12-24(3)18(15(2)10-13-26)6-7-19(24)22(20)23(17)28/h2*15-22,27H,5-14,26H2,1-4H3/t15-,16-,17+,18-,19+,20+,21+,22+,24-,25-;15-,16-,17-,18-,19+,20+,21+,22+,24-,25-/m11/s1. The minimum absolute atomic E-state index is 0.170. The Morgan fingerprint density at radius 2 is 0.875 bits per heavy atom. The molecule has 0 amide bonds. The number of ketones is 2. The van der Waals surface area contributed by atoms with E-state index in [1.54, 1.807) is 0 Å². The molecular formula is C50H86N2O4. The molecule has 0 radical (unpaired) electrons. The van der Waals surface area contributed by atoms with Gasteiger partial charge in [-0.15, -0.1) is 0 Å². The smallest absolute Gasteiger partial charge is 0.139 e. The Bertz CT molecular complexity index is 1310. The Kier molecular flexibility index (Phi) is 12.5. The average molecular weight is 779 g/mol. The fourth-order valence-corrected chi connectivity index (χ4v) is 18.1. The van der Waals surface area contributed by atoms with Crippen LogP contribution < -0.4 is 11.5 Å². The van der Waals surface area contributed by atoms with E-state index in [1.807, 2.05) is 0 Å². The third-order valence-electron chi connectivity index (χ3n) is 21.0. The molecule has 6 N–H and O–H groups in total. The zero-order valence-corrected chi connectivity index (χ0v) is 37.2. The summed E-state index contributed by atoms with van der Waals surface area (Å²) < 4.78 is 0. The lowest BCUT2D eigenvalue weighted by Gasteiger charge is -2.62. The summed E-state index contributed by atoms with van der Waals surface area (Å²) in [4.78, 5) is 27.8. The largest absolute Gasteiger partial charge is 0.393 e. The van der Waals surface area contributed by atoms with Crippen molar-refractivity contribution in [2.24, 2.45) is 116 Å². The van der Waals surface area contributed by atoms with Gasteiger partial charge < -0.3 is 21.7 Å². The summed E-state index contributed by atoms with van der Waals surface area (Å²) >= 11 is 0. The van der Waals surface area contributed by atoms with Crippen LogP contribution in [0.3, 0.4) is 0 Å². The van der Waals surface area contributed by atoms with Crippen LogP contribution in [0.25, 0.3) is 0 Å². The van der Waals surface area contributed by atoms with Crippen LogP contribution in [0.2, 0.25) is 0 Å². The van der Waals surface area contributed by atoms with Crippen molar-refractivity contribution in [1.29, 1.82) is 0 Å². The van der Waals surface area contributed by atoms with Gasteiger partial charge in [-0.3, -0.25) is 9.59 Å². The van der Waals surface area contributed by atoms with Crippen molar-refractivity contribution in [1.82, 2.24) is 0 Å². The van der Waals surface area contributed by atoms with E-state index in [-0.39, 0.29) is 46.7 Å². The second kappa shape index (κ2) is 16.2. The quantitative estimate of drug-likeness (QED) is 0.195. The molecule has 6 heteroatoms. The molecule has 0 unspecified atom stereocenters. The normalized spacial score (nSPS) is 51.9. The first-order valence-corrected chi connectivity index (χ1v) is 24.4. The van der Waals surface area contributed by atoms with Crippen molar-refractivity contribution in [2.45, 2.75) is 183 Å². The lowest BCUT2D eigenvalue weighted by atomic mass is 9.42. The van der Waals surface area contributed by atoms with Crippen molar-refractivity contribution < 1.29 is 19.8 Å². The third-order valence-corrected chi connectivity index (χ3v) is 21.0. The van der Waals surface area contributed by atoms with Gasteiger partial charge in [0.25, 0.3) is 0 Å². The zero-order chi connectivity index (χ0) is 40.5. The molecule has 0 aromatic rings. The van der Waals surface area contributed by atoms with Crippen LogP contribution in [0.4, 0.5) is 0 Å². The Hall–Kier alpha value is -0.820. The molecule has 320 valence electrons. The van der Waals surface area contributed by atoms with E-state index in [4.69, 9.17) is 11.5 Å². The van der Waals surface area contributed by atoms with Crippen LogP contribution in [-0.4, -0.2) is 47.1 Å². The number of aliphatic hydroxyl groups excluding tert-OH is 2. The summed E-state index contributed by atoms with van der Waals surface area (Å²) in [6.07, 6.45) is 19.6. The highest BCUT2D eigenvalue weighted by Crippen LogP contribution is 2.70. The number of hydrogen-bond acceptors (Lipinski definition) is 6. The van der Waals surface area contributed by atoms with Crippen LogP contribution in [-0.2, 0) is 9.59 Å². The number of Topliss-reactive ketones (excluding diaryl/α,β-unsaturated/α-hetero) is 2. The van der Waals surface area contributed by atoms with E-state index in [2.05, 4.69) is 55.4 Å². The van der Waals surface area contributed by atoms with E-state index in [9.17, 15) is 19.8 Å². The van der Waals surface area contributed by atoms with Crippen LogP contribution in [0, 0.1) is 105 Å². The van der Waals surface area contributed by atoms with E-state index in [1.165, 1.54) is 51.4 Å². The van der Waals surface area contributed by atoms with E-state index in [0.29, 0.717) is 69.7 Å². The second-order valence-corrected chi connectivity index (χ2v) is 23.0. The van der Waals surface area contributed by atoms with E-state index >= 15 is 0 Å². The number of hydrogen-bond donors (Lipinski definition) is 4. The van der Waals surface area contributed by atoms with E-state index < -0.39 is 0 Å². The molecule has 56 heavy (non-hydrogen) atoms. The molecule has 0 aromatic carbocycles. The molecule has 8 saturated carbocycles. The maximum absolute atomic E-state index is 13.9. The SMILES string of the molecule is CC[C@@H]1C(=O)[C@@H]2[C@H](CC[C@]3(C)[C@@H]([C@H](C)CCN)CC[C@@H]23)[C@@]2(C)CC[C@@H](O)C[C@@H]12.CC[C@H]1C(=O)[C@@H]2[C@H](CC[C@]3(C)[C@@H]([C@H](C)CCN)CC[C@@H]23)[C@@]2(C)CC[C@@H](O)C[C@@H]12. The Morgan fingerprint density at radius 1 is 0.536 bits per heavy atom. The molecule has 0 bridgehead atoms. The van der Waals surface area contributed by atoms with Gasteiger partial charge in [0.2, 0.25) is 0 Å². The molecule has 0 saturated heterocycles. The summed E-state index contributed by atoms with van der Waals surface area (Å²) in [6, 6.07) is 0. The summed E-state index contributed by atoms with van der Waals surface area (Å²) in [5.41, 5.74) is 12.9. The van der Waals surface area contributed by atoms with Crippen LogP contribution >= 0.6 is 0 Å². The fourth-order valence-electron chi connectivity index (χ4n) is 18.1. The highest BCUT2D eigenvalue weighted by molar-refractivity contribution is 5.86. The molecule has 0 aromatic heterocycles. The second-order valence-electron chi connectivity index (χ2n) is 23.0. The molecule has 20 atom stereocenters. The number of fused-ring (bicyclic) bond motifs is 10. The number of nitrogens with two attached hydrogens (primary N) is 2. The van der Waals surface area contributed by atoms with Crippen LogP contribution in [0.15, 0.2) is 0 Å². The first kappa shape index (κ1) is 43.3. The lowest BCUT2D eigenvalue weighted by Crippen LogP contribution is -2.60. The Balaban J connectivity index is 0.000000172. The Labute approximate surface area is 342 Å². The number of carbonyl (C=O) groups is 2. The predicted molar refractivity (Wildman–Crippen MR) is 227 cm³/mol. The fraction of sp³-hybridized carbons (Fsp3) is 0.960. The minimum atomic E-state index is -0.196. The molecule has 0 spiro atoms. The molecule has 6 nitrogen and oxygen atoms in total. The number of aliphatic hydroxyl groups is 2. The lowest BCUT2D eigenvalue weighted by molar-refractivity contribution is -0.173. The van der Waals surface area contributed by atoms with Gasteiger partial charge in [-0.1, -0.05) is 55.4 Å². The van der Waals surface area contributed by atoms with Gasteiger partial charge in [-0.2, -0.15) is 0 Å². The summed E-state index contributed by atoms with van der Waals surface area (Å²) in [5, 5.41) is 20.7. The van der Waals surface area contributed by atoms with Gasteiger partial charge >= 0.3 is 0 Å². The van der Waals surface area contributed by atoms with Gasteiger partial charge in [-0.25, -0.2) is 0 Å². The summed E-state index contributed by atoms with van der Waals surface area (Å²) in [5.74, 6) is 7.87. The van der Waals surface area contributed by atoms with Gasteiger partial charge in [-0.05, 0) is 210 Å². The molecule has 8 rings (SSSR count). The average Bonchev–Trinajstić information content (AvgIpc) is 3.71. The van der Waals surface area contributed by atoms with Crippen molar-refractivity contribution in [3.8, 4) is 0 Å². The first-order valence-electron chi connectivity index (χ1n) is 24.4. The molecule has 0 heterocycles. The maximum Gasteiger partial charge on any atom is 0.139 e. The first-order chi connectivity index (χ1) is 26.5. The molecule has 8 fully saturated rings. The van der Waals surface area contributed by atoms with Crippen molar-refractivity contribution in [3.05, 3.63) is 0 Å². The van der Waals surface area contributed by atoms with Gasteiger partial charge in [0, 0.05) is 23.7 Å². The highest BCUT2D eigenvalue weighted by Gasteiger charge is 2.67. The zero-order valence-electron chi connectivity index (χ0n) is 37.2. The number of carbonyl (C=O) groups excluding carboxylic acids is 2. The van der Waals surface area contributed by atoms with Crippen molar-refractivity contribution >= 4 is 11.6 Å². The van der Waals surface area contributed by atoms with E-state index in [0.717, 1.165) is 89.1 Å². The summed E-state index contributed by atoms with van der Waals surface area (Å²) in [6.45, 7) is 20.8.